The van der Waals surface area contributed by atoms with Crippen LogP contribution in [0.15, 0.2) is 40.9 Å². The standard InChI is InChI=1S/C19H18BrN3O4/c1-11-3-5-15(9-17(11)23(26)27)22-10-13(8-18(22)24)19(25)21-14-4-6-16(20)12(2)7-14/h3-7,9,13H,8,10H2,1-2H3,(H,21,25)/t13-/m1/s1. The van der Waals surface area contributed by atoms with Crippen molar-refractivity contribution in [3.8, 4) is 0 Å². The van der Waals surface area contributed by atoms with Gasteiger partial charge in [-0.05, 0) is 43.7 Å². The van der Waals surface area contributed by atoms with Crippen molar-refractivity contribution in [1.29, 1.82) is 0 Å². The minimum Gasteiger partial charge on any atom is -0.326 e. The van der Waals surface area contributed by atoms with Crippen LogP contribution in [0.3, 0.4) is 0 Å². The van der Waals surface area contributed by atoms with Crippen molar-refractivity contribution >= 4 is 44.8 Å². The Hall–Kier alpha value is -2.74. The molecule has 1 aliphatic heterocycles. The average molecular weight is 432 g/mol. The molecular weight excluding hydrogens is 414 g/mol. The van der Waals surface area contributed by atoms with Crippen molar-refractivity contribution in [3.05, 3.63) is 62.1 Å². The molecule has 2 amide bonds. The smallest absolute Gasteiger partial charge is 0.274 e. The number of hydrogen-bond acceptors (Lipinski definition) is 4. The van der Waals surface area contributed by atoms with Crippen LogP contribution in [0, 0.1) is 29.9 Å². The highest BCUT2D eigenvalue weighted by Crippen LogP contribution is 2.30. The van der Waals surface area contributed by atoms with Crippen molar-refractivity contribution in [3.63, 3.8) is 0 Å². The monoisotopic (exact) mass is 431 g/mol. The number of anilines is 2. The lowest BCUT2D eigenvalue weighted by Crippen LogP contribution is -2.28. The molecule has 3 rings (SSSR count). The van der Waals surface area contributed by atoms with E-state index in [0.29, 0.717) is 16.9 Å². The third kappa shape index (κ3) is 4.00. The van der Waals surface area contributed by atoms with E-state index in [9.17, 15) is 19.7 Å². The maximum Gasteiger partial charge on any atom is 0.274 e. The van der Waals surface area contributed by atoms with Crippen molar-refractivity contribution in [2.75, 3.05) is 16.8 Å². The van der Waals surface area contributed by atoms with E-state index in [1.165, 1.54) is 11.0 Å². The predicted octanol–water partition coefficient (Wildman–Crippen LogP) is 3.97. The molecule has 7 nitrogen and oxygen atoms in total. The van der Waals surface area contributed by atoms with Gasteiger partial charge in [-0.3, -0.25) is 19.7 Å². The highest BCUT2D eigenvalue weighted by Gasteiger charge is 2.35. The number of hydrogen-bond donors (Lipinski definition) is 1. The Morgan fingerprint density at radius 1 is 1.22 bits per heavy atom. The largest absolute Gasteiger partial charge is 0.326 e. The van der Waals surface area contributed by atoms with Crippen LogP contribution in [0.4, 0.5) is 17.1 Å². The topological polar surface area (TPSA) is 92.6 Å². The first-order valence-electron chi connectivity index (χ1n) is 8.38. The first-order chi connectivity index (χ1) is 12.8. The summed E-state index contributed by atoms with van der Waals surface area (Å²) in [6.07, 6.45) is 0.0724. The van der Waals surface area contributed by atoms with Gasteiger partial charge in [0.15, 0.2) is 0 Å². The molecule has 0 bridgehead atoms. The quantitative estimate of drug-likeness (QED) is 0.585. The average Bonchev–Trinajstić information content (AvgIpc) is 3.00. The predicted molar refractivity (Wildman–Crippen MR) is 106 cm³/mol. The van der Waals surface area contributed by atoms with Crippen LogP contribution in [-0.4, -0.2) is 23.3 Å². The lowest BCUT2D eigenvalue weighted by atomic mass is 10.1. The molecule has 1 N–H and O–H groups in total. The Bertz CT molecular complexity index is 945. The number of halogens is 1. The number of nitro groups is 1. The van der Waals surface area contributed by atoms with E-state index in [4.69, 9.17) is 0 Å². The summed E-state index contributed by atoms with van der Waals surface area (Å²) in [5.74, 6) is -0.976. The molecule has 0 saturated carbocycles. The number of benzene rings is 2. The van der Waals surface area contributed by atoms with E-state index in [2.05, 4.69) is 21.2 Å². The van der Waals surface area contributed by atoms with Crippen LogP contribution in [-0.2, 0) is 9.59 Å². The maximum atomic E-state index is 12.6. The second-order valence-electron chi connectivity index (χ2n) is 6.59. The molecule has 0 spiro atoms. The van der Waals surface area contributed by atoms with Gasteiger partial charge in [0, 0.05) is 34.8 Å². The summed E-state index contributed by atoms with van der Waals surface area (Å²) in [6, 6.07) is 10.1. The van der Waals surface area contributed by atoms with Crippen LogP contribution in [0.5, 0.6) is 0 Å². The number of nitro benzene ring substituents is 1. The van der Waals surface area contributed by atoms with E-state index in [1.54, 1.807) is 25.1 Å². The van der Waals surface area contributed by atoms with E-state index < -0.39 is 10.8 Å². The normalized spacial score (nSPS) is 16.5. The number of rotatable bonds is 4. The molecule has 1 saturated heterocycles. The summed E-state index contributed by atoms with van der Waals surface area (Å²) in [6.45, 7) is 3.76. The minimum absolute atomic E-state index is 0.0430. The summed E-state index contributed by atoms with van der Waals surface area (Å²) in [5, 5.41) is 14.0. The Kier molecular flexibility index (Phi) is 5.27. The summed E-state index contributed by atoms with van der Waals surface area (Å²) < 4.78 is 0.948. The lowest BCUT2D eigenvalue weighted by Gasteiger charge is -2.17. The second-order valence-corrected chi connectivity index (χ2v) is 7.44. The first-order valence-corrected chi connectivity index (χ1v) is 9.18. The number of carbonyl (C=O) groups is 2. The fourth-order valence-electron chi connectivity index (χ4n) is 3.06. The summed E-state index contributed by atoms with van der Waals surface area (Å²) in [4.78, 5) is 37.0. The molecule has 140 valence electrons. The molecule has 0 unspecified atom stereocenters. The SMILES string of the molecule is Cc1cc(NC(=O)[C@@H]2CC(=O)N(c3ccc(C)c([N+](=O)[O-])c3)C2)ccc1Br. The number of aryl methyl sites for hydroxylation is 2. The maximum absolute atomic E-state index is 12.6. The van der Waals surface area contributed by atoms with Crippen molar-refractivity contribution < 1.29 is 14.5 Å². The van der Waals surface area contributed by atoms with Gasteiger partial charge in [-0.2, -0.15) is 0 Å². The van der Waals surface area contributed by atoms with Gasteiger partial charge in [-0.15, -0.1) is 0 Å². The Labute approximate surface area is 164 Å². The molecule has 27 heavy (non-hydrogen) atoms. The van der Waals surface area contributed by atoms with Crippen LogP contribution < -0.4 is 10.2 Å². The van der Waals surface area contributed by atoms with Crippen LogP contribution in [0.2, 0.25) is 0 Å². The zero-order valence-electron chi connectivity index (χ0n) is 14.9. The zero-order chi connectivity index (χ0) is 19.7. The molecule has 0 aromatic heterocycles. The molecule has 1 heterocycles. The second kappa shape index (κ2) is 7.48. The molecule has 1 aliphatic rings. The van der Waals surface area contributed by atoms with E-state index in [1.807, 2.05) is 19.1 Å². The van der Waals surface area contributed by atoms with Gasteiger partial charge < -0.3 is 10.2 Å². The Morgan fingerprint density at radius 2 is 1.96 bits per heavy atom. The van der Waals surface area contributed by atoms with Crippen molar-refractivity contribution in [1.82, 2.24) is 0 Å². The number of nitrogens with zero attached hydrogens (tertiary/aromatic N) is 2. The van der Waals surface area contributed by atoms with E-state index >= 15 is 0 Å². The number of carbonyl (C=O) groups excluding carboxylic acids is 2. The fourth-order valence-corrected chi connectivity index (χ4v) is 3.31. The third-order valence-electron chi connectivity index (χ3n) is 4.62. The van der Waals surface area contributed by atoms with Gasteiger partial charge in [0.05, 0.1) is 16.5 Å². The van der Waals surface area contributed by atoms with Gasteiger partial charge in [-0.1, -0.05) is 22.0 Å². The molecular formula is C19H18BrN3O4. The van der Waals surface area contributed by atoms with Crippen LogP contribution in [0.1, 0.15) is 17.5 Å². The Balaban J connectivity index is 1.75. The molecule has 2 aromatic carbocycles. The molecule has 1 atom stereocenters. The molecule has 0 aliphatic carbocycles. The third-order valence-corrected chi connectivity index (χ3v) is 5.51. The van der Waals surface area contributed by atoms with E-state index in [0.717, 1.165) is 10.0 Å². The highest BCUT2D eigenvalue weighted by atomic mass is 79.9. The summed E-state index contributed by atoms with van der Waals surface area (Å²) in [5.41, 5.74) is 2.57. The Morgan fingerprint density at radius 3 is 2.63 bits per heavy atom. The zero-order valence-corrected chi connectivity index (χ0v) is 16.4. The lowest BCUT2D eigenvalue weighted by molar-refractivity contribution is -0.385. The van der Waals surface area contributed by atoms with Crippen LogP contribution in [0.25, 0.3) is 0 Å². The van der Waals surface area contributed by atoms with Crippen molar-refractivity contribution in [2.45, 2.75) is 20.3 Å². The van der Waals surface area contributed by atoms with E-state index in [-0.39, 0.29) is 30.5 Å². The summed E-state index contributed by atoms with van der Waals surface area (Å²) >= 11 is 3.41. The van der Waals surface area contributed by atoms with Gasteiger partial charge in [0.2, 0.25) is 11.8 Å². The summed E-state index contributed by atoms with van der Waals surface area (Å²) in [7, 11) is 0. The fraction of sp³-hybridized carbons (Fsp3) is 0.263. The number of nitrogens with one attached hydrogen (secondary N) is 1. The first kappa shape index (κ1) is 19.0. The van der Waals surface area contributed by atoms with Gasteiger partial charge in [-0.25, -0.2) is 0 Å². The molecule has 1 fully saturated rings. The molecule has 0 radical (unpaired) electrons. The molecule has 8 heteroatoms. The number of amides is 2. The minimum atomic E-state index is -0.512. The van der Waals surface area contributed by atoms with Crippen LogP contribution >= 0.6 is 15.9 Å². The van der Waals surface area contributed by atoms with Crippen molar-refractivity contribution in [2.24, 2.45) is 5.92 Å². The van der Waals surface area contributed by atoms with Gasteiger partial charge in [0.1, 0.15) is 0 Å². The van der Waals surface area contributed by atoms with Gasteiger partial charge in [0.25, 0.3) is 5.69 Å². The highest BCUT2D eigenvalue weighted by molar-refractivity contribution is 9.10. The van der Waals surface area contributed by atoms with Gasteiger partial charge >= 0.3 is 0 Å². The molecule has 2 aromatic rings.